The maximum Gasteiger partial charge on any atom is 0.220 e. The zero-order chi connectivity index (χ0) is 11.9. The van der Waals surface area contributed by atoms with E-state index in [0.717, 1.165) is 19.5 Å². The van der Waals surface area contributed by atoms with Crippen LogP contribution in [0.25, 0.3) is 0 Å². The molecule has 0 aromatic carbocycles. The first-order valence-corrected chi connectivity index (χ1v) is 6.07. The van der Waals surface area contributed by atoms with E-state index in [2.05, 4.69) is 25.3 Å². The number of carbonyl (C=O) groups is 1. The predicted molar refractivity (Wildman–Crippen MR) is 61.2 cm³/mol. The van der Waals surface area contributed by atoms with Crippen molar-refractivity contribution >= 4 is 5.91 Å². The van der Waals surface area contributed by atoms with Gasteiger partial charge in [-0.3, -0.25) is 4.79 Å². The van der Waals surface area contributed by atoms with Gasteiger partial charge in [-0.25, -0.2) is 0 Å². The average Bonchev–Trinajstić information content (AvgIpc) is 2.99. The van der Waals surface area contributed by atoms with Gasteiger partial charge in [-0.2, -0.15) is 4.98 Å². The summed E-state index contributed by atoms with van der Waals surface area (Å²) in [7, 11) is 0. The molecule has 0 radical (unpaired) electrons. The molecule has 6 heteroatoms. The van der Waals surface area contributed by atoms with Crippen LogP contribution >= 0.6 is 0 Å². The van der Waals surface area contributed by atoms with Crippen molar-refractivity contribution in [2.24, 2.45) is 5.92 Å². The molecule has 1 aliphatic heterocycles. The third kappa shape index (κ3) is 4.14. The van der Waals surface area contributed by atoms with Crippen LogP contribution < -0.4 is 10.6 Å². The van der Waals surface area contributed by atoms with Crippen molar-refractivity contribution < 1.29 is 9.32 Å². The molecule has 1 unspecified atom stereocenters. The molecule has 2 N–H and O–H groups in total. The molecule has 0 saturated carbocycles. The Morgan fingerprint density at radius 1 is 1.65 bits per heavy atom. The molecular formula is C11H18N4O2. The summed E-state index contributed by atoms with van der Waals surface area (Å²) in [6.45, 7) is 2.71. The highest BCUT2D eigenvalue weighted by Crippen LogP contribution is 2.13. The summed E-state index contributed by atoms with van der Waals surface area (Å²) in [5.74, 6) is 1.41. The number of aromatic nitrogens is 2. The molecule has 1 fully saturated rings. The van der Waals surface area contributed by atoms with Crippen LogP contribution in [0.3, 0.4) is 0 Å². The van der Waals surface area contributed by atoms with Crippen molar-refractivity contribution in [3.8, 4) is 0 Å². The van der Waals surface area contributed by atoms with Crippen molar-refractivity contribution in [1.29, 1.82) is 0 Å². The van der Waals surface area contributed by atoms with Gasteiger partial charge < -0.3 is 15.2 Å². The van der Waals surface area contributed by atoms with Gasteiger partial charge in [0.15, 0.2) is 5.82 Å². The molecule has 1 amide bonds. The summed E-state index contributed by atoms with van der Waals surface area (Å²) in [5.41, 5.74) is 0. The summed E-state index contributed by atoms with van der Waals surface area (Å²) < 4.78 is 4.61. The highest BCUT2D eigenvalue weighted by molar-refractivity contribution is 5.75. The summed E-state index contributed by atoms with van der Waals surface area (Å²) in [4.78, 5) is 15.4. The Bertz CT molecular complexity index is 333. The molecule has 1 aliphatic rings. The minimum Gasteiger partial charge on any atom is -0.356 e. The Kier molecular flexibility index (Phi) is 4.49. The first kappa shape index (κ1) is 12.0. The summed E-state index contributed by atoms with van der Waals surface area (Å²) >= 11 is 0. The Morgan fingerprint density at radius 2 is 2.59 bits per heavy atom. The molecule has 1 atom stereocenters. The number of carbonyl (C=O) groups excluding carboxylic acids is 1. The van der Waals surface area contributed by atoms with Gasteiger partial charge in [0.1, 0.15) is 0 Å². The van der Waals surface area contributed by atoms with Crippen LogP contribution in [0.5, 0.6) is 0 Å². The third-order valence-corrected chi connectivity index (χ3v) is 3.02. The molecule has 2 heterocycles. The van der Waals surface area contributed by atoms with Crippen LogP contribution in [0, 0.1) is 5.92 Å². The third-order valence-electron chi connectivity index (χ3n) is 3.02. The highest BCUT2D eigenvalue weighted by atomic mass is 16.5. The van der Waals surface area contributed by atoms with Crippen LogP contribution in [-0.4, -0.2) is 35.7 Å². The van der Waals surface area contributed by atoms with Crippen LogP contribution in [-0.2, 0) is 11.2 Å². The molecule has 2 rings (SSSR count). The smallest absolute Gasteiger partial charge is 0.220 e. The fraction of sp³-hybridized carbons (Fsp3) is 0.727. The lowest BCUT2D eigenvalue weighted by atomic mass is 10.0. The number of rotatable bonds is 6. The molecular weight excluding hydrogens is 220 g/mol. The molecule has 0 aliphatic carbocycles. The first-order chi connectivity index (χ1) is 8.34. The number of nitrogens with zero attached hydrogens (tertiary/aromatic N) is 2. The van der Waals surface area contributed by atoms with E-state index in [0.29, 0.717) is 31.1 Å². The maximum atomic E-state index is 11.5. The van der Waals surface area contributed by atoms with E-state index >= 15 is 0 Å². The fourth-order valence-electron chi connectivity index (χ4n) is 2.00. The van der Waals surface area contributed by atoms with E-state index in [4.69, 9.17) is 0 Å². The largest absolute Gasteiger partial charge is 0.356 e. The normalized spacial score (nSPS) is 19.4. The molecule has 1 saturated heterocycles. The van der Waals surface area contributed by atoms with E-state index < -0.39 is 0 Å². The second-order valence-corrected chi connectivity index (χ2v) is 4.34. The monoisotopic (exact) mass is 238 g/mol. The van der Waals surface area contributed by atoms with E-state index in [9.17, 15) is 4.79 Å². The van der Waals surface area contributed by atoms with Gasteiger partial charge in [-0.05, 0) is 31.8 Å². The van der Waals surface area contributed by atoms with Crippen LogP contribution in [0.15, 0.2) is 10.9 Å². The Morgan fingerprint density at radius 3 is 3.29 bits per heavy atom. The molecule has 0 bridgehead atoms. The van der Waals surface area contributed by atoms with Crippen LogP contribution in [0.2, 0.25) is 0 Å². The van der Waals surface area contributed by atoms with E-state index in [1.54, 1.807) is 0 Å². The minimum absolute atomic E-state index is 0.111. The molecule has 1 aromatic heterocycles. The van der Waals surface area contributed by atoms with Crippen molar-refractivity contribution in [2.45, 2.75) is 25.7 Å². The van der Waals surface area contributed by atoms with Gasteiger partial charge in [-0.1, -0.05) is 5.16 Å². The van der Waals surface area contributed by atoms with Crippen molar-refractivity contribution in [3.05, 3.63) is 12.2 Å². The molecule has 6 nitrogen and oxygen atoms in total. The zero-order valence-electron chi connectivity index (χ0n) is 9.82. The Balaban J connectivity index is 1.54. The van der Waals surface area contributed by atoms with Gasteiger partial charge >= 0.3 is 0 Å². The Hall–Kier alpha value is -1.43. The Labute approximate surface area is 100 Å². The number of hydrogen-bond acceptors (Lipinski definition) is 5. The zero-order valence-corrected chi connectivity index (χ0v) is 9.82. The molecule has 94 valence electrons. The van der Waals surface area contributed by atoms with Crippen molar-refractivity contribution in [2.75, 3.05) is 19.6 Å². The van der Waals surface area contributed by atoms with Crippen LogP contribution in [0.1, 0.15) is 25.1 Å². The van der Waals surface area contributed by atoms with Gasteiger partial charge in [0.05, 0.1) is 0 Å². The van der Waals surface area contributed by atoms with Crippen molar-refractivity contribution in [3.63, 3.8) is 0 Å². The second-order valence-electron chi connectivity index (χ2n) is 4.34. The number of nitrogens with one attached hydrogen (secondary N) is 2. The van der Waals surface area contributed by atoms with Gasteiger partial charge in [0.25, 0.3) is 0 Å². The van der Waals surface area contributed by atoms with E-state index in [1.165, 1.54) is 12.8 Å². The van der Waals surface area contributed by atoms with Gasteiger partial charge in [0, 0.05) is 19.4 Å². The summed E-state index contributed by atoms with van der Waals surface area (Å²) in [6, 6.07) is 0. The van der Waals surface area contributed by atoms with Gasteiger partial charge in [0.2, 0.25) is 12.3 Å². The van der Waals surface area contributed by atoms with Crippen molar-refractivity contribution in [1.82, 2.24) is 20.8 Å². The predicted octanol–water partition coefficient (Wildman–Crippen LogP) is 0.118. The highest BCUT2D eigenvalue weighted by Gasteiger charge is 2.15. The summed E-state index contributed by atoms with van der Waals surface area (Å²) in [6.07, 6.45) is 4.69. The topological polar surface area (TPSA) is 80.0 Å². The molecule has 0 spiro atoms. The SMILES string of the molecule is O=C(CCC1CCNC1)NCCc1ncon1. The lowest BCUT2D eigenvalue weighted by molar-refractivity contribution is -0.121. The standard InChI is InChI=1S/C11H18N4O2/c16-11(2-1-9-3-5-12-7-9)13-6-4-10-14-8-17-15-10/h8-9,12H,1-7H2,(H,13,16). The average molecular weight is 238 g/mol. The van der Waals surface area contributed by atoms with Crippen LogP contribution in [0.4, 0.5) is 0 Å². The van der Waals surface area contributed by atoms with E-state index in [-0.39, 0.29) is 5.91 Å². The molecule has 1 aromatic rings. The maximum absolute atomic E-state index is 11.5. The first-order valence-electron chi connectivity index (χ1n) is 6.07. The number of hydrogen-bond donors (Lipinski definition) is 2. The lowest BCUT2D eigenvalue weighted by Crippen LogP contribution is -2.26. The second kappa shape index (κ2) is 6.34. The quantitative estimate of drug-likeness (QED) is 0.735. The number of amides is 1. The molecule has 17 heavy (non-hydrogen) atoms. The minimum atomic E-state index is 0.111. The summed E-state index contributed by atoms with van der Waals surface area (Å²) in [5, 5.41) is 9.84. The lowest BCUT2D eigenvalue weighted by Gasteiger charge is -2.07. The van der Waals surface area contributed by atoms with E-state index in [1.807, 2.05) is 0 Å². The van der Waals surface area contributed by atoms with Gasteiger partial charge in [-0.15, -0.1) is 0 Å². The fourth-order valence-corrected chi connectivity index (χ4v) is 2.00.